The lowest BCUT2D eigenvalue weighted by Gasteiger charge is -2.31. The van der Waals surface area contributed by atoms with Gasteiger partial charge in [-0.3, -0.25) is 0 Å². The Bertz CT molecular complexity index is 3760. The zero-order chi connectivity index (χ0) is 39.2. The third kappa shape index (κ3) is 4.37. The van der Waals surface area contributed by atoms with Gasteiger partial charge in [0.25, 0.3) is 0 Å². The van der Waals surface area contributed by atoms with Crippen molar-refractivity contribution in [1.82, 2.24) is 9.13 Å². The predicted octanol–water partition coefficient (Wildman–Crippen LogP) is 13.1. The fraction of sp³-hybridized carbons (Fsp3) is 0.107. The molecular formula is C56H40N2O. The molecule has 0 spiro atoms. The molecule has 1 atom stereocenters. The zero-order valence-electron chi connectivity index (χ0n) is 33.3. The lowest BCUT2D eigenvalue weighted by molar-refractivity contribution is 0.479. The second kappa shape index (κ2) is 11.5. The van der Waals surface area contributed by atoms with Crippen LogP contribution in [0.2, 0.25) is 0 Å². The molecule has 0 N–H and O–H groups in total. The van der Waals surface area contributed by atoms with Crippen LogP contribution in [0, 0.1) is 0 Å². The maximum absolute atomic E-state index is 6.87. The SMILES string of the molecule is CC1(C)c2ccccc2-c2ccc(-n3c4ccccc4c4c5oc6ccccc6c5cc(-c5ccc6c(c5)c5ccccc5n6C5(C)C=c6ccccc6=CC5)c43)cc21. The summed E-state index contributed by atoms with van der Waals surface area (Å²) in [5.74, 6) is 0. The number of nitrogens with zero attached hydrogens (tertiary/aromatic N) is 2. The highest BCUT2D eigenvalue weighted by atomic mass is 16.3. The Morgan fingerprint density at radius 3 is 2.08 bits per heavy atom. The monoisotopic (exact) mass is 756 g/mol. The smallest absolute Gasteiger partial charge is 0.145 e. The zero-order valence-corrected chi connectivity index (χ0v) is 33.3. The Hall–Kier alpha value is -7.10. The molecule has 2 aliphatic carbocycles. The number of furan rings is 1. The van der Waals surface area contributed by atoms with Gasteiger partial charge in [-0.1, -0.05) is 141 Å². The van der Waals surface area contributed by atoms with Crippen molar-refractivity contribution in [3.8, 4) is 27.9 Å². The molecule has 0 aliphatic heterocycles. The topological polar surface area (TPSA) is 23.0 Å². The maximum atomic E-state index is 6.87. The van der Waals surface area contributed by atoms with Gasteiger partial charge in [-0.05, 0) is 100 Å². The van der Waals surface area contributed by atoms with Gasteiger partial charge in [-0.25, -0.2) is 0 Å². The number of hydrogen-bond acceptors (Lipinski definition) is 1. The van der Waals surface area contributed by atoms with E-state index in [-0.39, 0.29) is 11.0 Å². The van der Waals surface area contributed by atoms with E-state index in [0.717, 1.165) is 44.9 Å². The quantitative estimate of drug-likeness (QED) is 0.176. The summed E-state index contributed by atoms with van der Waals surface area (Å²) in [6.07, 6.45) is 5.80. The Balaban J connectivity index is 1.13. The average molecular weight is 757 g/mol. The third-order valence-electron chi connectivity index (χ3n) is 13.8. The summed E-state index contributed by atoms with van der Waals surface area (Å²) < 4.78 is 12.0. The highest BCUT2D eigenvalue weighted by Gasteiger charge is 2.36. The molecule has 0 radical (unpaired) electrons. The molecule has 3 nitrogen and oxygen atoms in total. The predicted molar refractivity (Wildman–Crippen MR) is 247 cm³/mol. The average Bonchev–Trinajstić information content (AvgIpc) is 3.99. The number of para-hydroxylation sites is 3. The molecule has 1 unspecified atom stereocenters. The van der Waals surface area contributed by atoms with Crippen molar-refractivity contribution in [3.63, 3.8) is 0 Å². The summed E-state index contributed by atoms with van der Waals surface area (Å²) in [5, 5.41) is 9.73. The van der Waals surface area contributed by atoms with E-state index >= 15 is 0 Å². The summed E-state index contributed by atoms with van der Waals surface area (Å²) in [5.41, 5.74) is 15.2. The van der Waals surface area contributed by atoms with Crippen molar-refractivity contribution in [1.29, 1.82) is 0 Å². The molecule has 0 fully saturated rings. The van der Waals surface area contributed by atoms with Crippen LogP contribution in [0.25, 0.3) is 106 Å². The molecular weight excluding hydrogens is 717 g/mol. The van der Waals surface area contributed by atoms with Gasteiger partial charge in [0.15, 0.2) is 0 Å². The number of hydrogen-bond donors (Lipinski definition) is 0. The van der Waals surface area contributed by atoms with Crippen molar-refractivity contribution in [2.45, 2.75) is 38.1 Å². The molecule has 3 heteroatoms. The Kier molecular flexibility index (Phi) is 6.43. The summed E-state index contributed by atoms with van der Waals surface area (Å²) in [6, 6.07) is 60.7. The van der Waals surface area contributed by atoms with Gasteiger partial charge in [0.2, 0.25) is 0 Å². The van der Waals surface area contributed by atoms with E-state index in [4.69, 9.17) is 4.42 Å². The van der Waals surface area contributed by atoms with Gasteiger partial charge in [-0.15, -0.1) is 0 Å². The standard InChI is InChI=1S/C56H40N2O/c1-55(2)46-20-10-6-16-38(46)39-26-25-37(31-47(39)55)57-48-21-11-8-19-42(48)52-53(57)43(32-45-41-18-9-13-23-51(41)59-54(45)52)35-24-27-50-44(30-35)40-17-7-12-22-49(40)58(50)56(3)29-28-34-14-4-5-15-36(34)33-56/h4-28,30-33H,29H2,1-3H3. The van der Waals surface area contributed by atoms with E-state index in [1.165, 1.54) is 76.5 Å². The van der Waals surface area contributed by atoms with E-state index in [1.807, 2.05) is 0 Å². The van der Waals surface area contributed by atoms with Crippen molar-refractivity contribution in [2.24, 2.45) is 0 Å². The van der Waals surface area contributed by atoms with Gasteiger partial charge < -0.3 is 13.6 Å². The van der Waals surface area contributed by atoms with E-state index in [9.17, 15) is 0 Å². The summed E-state index contributed by atoms with van der Waals surface area (Å²) >= 11 is 0. The Morgan fingerprint density at radius 1 is 0.508 bits per heavy atom. The number of aromatic nitrogens is 2. The number of rotatable bonds is 3. The third-order valence-corrected chi connectivity index (χ3v) is 13.8. The van der Waals surface area contributed by atoms with Crippen LogP contribution in [0.15, 0.2) is 168 Å². The first-order valence-electron chi connectivity index (χ1n) is 20.8. The van der Waals surface area contributed by atoms with Crippen molar-refractivity contribution in [2.75, 3.05) is 0 Å². The highest BCUT2D eigenvalue weighted by Crippen LogP contribution is 2.51. The molecule has 11 aromatic rings. The molecule has 8 aromatic carbocycles. The normalized spacial score (nSPS) is 16.8. The van der Waals surface area contributed by atoms with E-state index in [0.29, 0.717) is 0 Å². The first kappa shape index (κ1) is 32.9. The molecule has 0 saturated heterocycles. The van der Waals surface area contributed by atoms with E-state index < -0.39 is 0 Å². The molecule has 0 bridgehead atoms. The first-order valence-corrected chi connectivity index (χ1v) is 20.8. The Morgan fingerprint density at radius 2 is 1.20 bits per heavy atom. The molecule has 3 heterocycles. The summed E-state index contributed by atoms with van der Waals surface area (Å²) in [6.45, 7) is 7.12. The summed E-state index contributed by atoms with van der Waals surface area (Å²) in [7, 11) is 0. The second-order valence-electron chi connectivity index (χ2n) is 17.5. The van der Waals surface area contributed by atoms with Crippen LogP contribution in [0.1, 0.15) is 38.3 Å². The fourth-order valence-electron chi connectivity index (χ4n) is 11.0. The lowest BCUT2D eigenvalue weighted by atomic mass is 9.82. The maximum Gasteiger partial charge on any atom is 0.145 e. The van der Waals surface area contributed by atoms with E-state index in [2.05, 4.69) is 206 Å². The first-order chi connectivity index (χ1) is 28.9. The van der Waals surface area contributed by atoms with Gasteiger partial charge in [0, 0.05) is 54.6 Å². The van der Waals surface area contributed by atoms with Crippen LogP contribution < -0.4 is 10.4 Å². The summed E-state index contributed by atoms with van der Waals surface area (Å²) in [4.78, 5) is 0. The van der Waals surface area contributed by atoms with Crippen LogP contribution in [0.5, 0.6) is 0 Å². The van der Waals surface area contributed by atoms with Crippen LogP contribution in [0.3, 0.4) is 0 Å². The molecule has 0 saturated carbocycles. The molecule has 59 heavy (non-hydrogen) atoms. The largest absolute Gasteiger partial charge is 0.455 e. The van der Waals surface area contributed by atoms with Crippen molar-refractivity contribution in [3.05, 3.63) is 185 Å². The van der Waals surface area contributed by atoms with E-state index in [1.54, 1.807) is 0 Å². The van der Waals surface area contributed by atoms with Gasteiger partial charge >= 0.3 is 0 Å². The fourth-order valence-corrected chi connectivity index (χ4v) is 11.0. The van der Waals surface area contributed by atoms with Crippen LogP contribution >= 0.6 is 0 Å². The highest BCUT2D eigenvalue weighted by molar-refractivity contribution is 6.27. The number of benzene rings is 8. The van der Waals surface area contributed by atoms with Crippen LogP contribution in [-0.4, -0.2) is 9.13 Å². The molecule has 3 aromatic heterocycles. The van der Waals surface area contributed by atoms with Crippen molar-refractivity contribution >= 4 is 77.7 Å². The molecule has 2 aliphatic rings. The minimum absolute atomic E-state index is 0.124. The minimum atomic E-state index is -0.230. The molecule has 0 amide bonds. The molecule has 280 valence electrons. The van der Waals surface area contributed by atoms with Gasteiger partial charge in [0.05, 0.1) is 22.0 Å². The van der Waals surface area contributed by atoms with Gasteiger partial charge in [-0.2, -0.15) is 0 Å². The minimum Gasteiger partial charge on any atom is -0.455 e. The van der Waals surface area contributed by atoms with Crippen molar-refractivity contribution < 1.29 is 4.42 Å². The van der Waals surface area contributed by atoms with Crippen LogP contribution in [0.4, 0.5) is 0 Å². The lowest BCUT2D eigenvalue weighted by Crippen LogP contribution is -2.38. The Labute approximate surface area is 341 Å². The second-order valence-corrected chi connectivity index (χ2v) is 17.5. The molecule has 13 rings (SSSR count). The number of fused-ring (bicyclic) bond motifs is 14. The van der Waals surface area contributed by atoms with Crippen LogP contribution in [-0.2, 0) is 11.0 Å². The van der Waals surface area contributed by atoms with Gasteiger partial charge in [0.1, 0.15) is 11.2 Å².